The molecule has 128 valence electrons. The lowest BCUT2D eigenvalue weighted by Crippen LogP contribution is -2.02. The van der Waals surface area contributed by atoms with Gasteiger partial charge in [-0.3, -0.25) is 0 Å². The second kappa shape index (κ2) is 7.08. The van der Waals surface area contributed by atoms with E-state index in [0.717, 1.165) is 16.7 Å². The summed E-state index contributed by atoms with van der Waals surface area (Å²) < 4.78 is 4.71. The van der Waals surface area contributed by atoms with Crippen molar-refractivity contribution in [1.29, 1.82) is 5.26 Å². The van der Waals surface area contributed by atoms with Crippen LogP contribution in [0, 0.1) is 18.3 Å². The molecule has 0 radical (unpaired) electrons. The van der Waals surface area contributed by atoms with Crippen LogP contribution < -0.4 is 5.73 Å². The number of rotatable bonds is 3. The fourth-order valence-corrected chi connectivity index (χ4v) is 2.77. The highest BCUT2D eigenvalue weighted by Gasteiger charge is 2.14. The molecule has 0 aliphatic carbocycles. The van der Waals surface area contributed by atoms with Crippen molar-refractivity contribution in [2.45, 2.75) is 6.92 Å². The first-order valence-electron chi connectivity index (χ1n) is 8.00. The van der Waals surface area contributed by atoms with Crippen molar-refractivity contribution in [3.63, 3.8) is 0 Å². The van der Waals surface area contributed by atoms with Gasteiger partial charge in [-0.05, 0) is 36.8 Å². The first-order chi connectivity index (χ1) is 12.5. The SMILES string of the molecule is COC(=O)c1ccc(-c2cc(-c3cccc(C)c3)nc(N)c2C#N)cc1. The third-order valence-electron chi connectivity index (χ3n) is 4.09. The molecule has 26 heavy (non-hydrogen) atoms. The highest BCUT2D eigenvalue weighted by Crippen LogP contribution is 2.31. The minimum atomic E-state index is -0.410. The van der Waals surface area contributed by atoms with Crippen LogP contribution in [-0.2, 0) is 4.74 Å². The molecule has 0 amide bonds. The minimum absolute atomic E-state index is 0.179. The number of aromatic nitrogens is 1. The van der Waals surface area contributed by atoms with Crippen LogP contribution in [0.5, 0.6) is 0 Å². The summed E-state index contributed by atoms with van der Waals surface area (Å²) in [4.78, 5) is 16.0. The van der Waals surface area contributed by atoms with Crippen molar-refractivity contribution in [3.05, 3.63) is 71.3 Å². The Bertz CT molecular complexity index is 1020. The number of nitrogen functional groups attached to an aromatic ring is 1. The molecule has 0 aliphatic heterocycles. The molecular weight excluding hydrogens is 326 g/mol. The number of carbonyl (C=O) groups is 1. The van der Waals surface area contributed by atoms with E-state index in [1.54, 1.807) is 24.3 Å². The number of nitrogens with two attached hydrogens (primary N) is 1. The van der Waals surface area contributed by atoms with E-state index in [9.17, 15) is 10.1 Å². The zero-order chi connectivity index (χ0) is 18.7. The second-order valence-electron chi connectivity index (χ2n) is 5.87. The summed E-state index contributed by atoms with van der Waals surface area (Å²) in [5.74, 6) is -0.231. The molecule has 1 aromatic heterocycles. The highest BCUT2D eigenvalue weighted by molar-refractivity contribution is 5.90. The number of hydrogen-bond donors (Lipinski definition) is 1. The second-order valence-corrected chi connectivity index (χ2v) is 5.87. The van der Waals surface area contributed by atoms with E-state index in [-0.39, 0.29) is 5.82 Å². The number of carbonyl (C=O) groups excluding carboxylic acids is 1. The Morgan fingerprint density at radius 2 is 1.85 bits per heavy atom. The average molecular weight is 343 g/mol. The summed E-state index contributed by atoms with van der Waals surface area (Å²) in [6.45, 7) is 2.00. The van der Waals surface area contributed by atoms with E-state index in [1.165, 1.54) is 7.11 Å². The molecule has 0 spiro atoms. The lowest BCUT2D eigenvalue weighted by atomic mass is 9.97. The van der Waals surface area contributed by atoms with Crippen molar-refractivity contribution in [1.82, 2.24) is 4.98 Å². The van der Waals surface area contributed by atoms with Gasteiger partial charge < -0.3 is 10.5 Å². The number of nitriles is 1. The lowest BCUT2D eigenvalue weighted by molar-refractivity contribution is 0.0601. The molecule has 0 fully saturated rings. The van der Waals surface area contributed by atoms with E-state index < -0.39 is 5.97 Å². The Labute approximate surface area is 151 Å². The summed E-state index contributed by atoms with van der Waals surface area (Å²) in [5.41, 5.74) is 11.0. The van der Waals surface area contributed by atoms with Crippen molar-refractivity contribution >= 4 is 11.8 Å². The summed E-state index contributed by atoms with van der Waals surface area (Å²) in [6.07, 6.45) is 0. The molecule has 0 aliphatic rings. The van der Waals surface area contributed by atoms with Crippen LogP contribution in [0.2, 0.25) is 0 Å². The summed E-state index contributed by atoms with van der Waals surface area (Å²) in [5, 5.41) is 9.50. The van der Waals surface area contributed by atoms with Gasteiger partial charge >= 0.3 is 5.97 Å². The molecule has 0 saturated carbocycles. The number of hydrogen-bond acceptors (Lipinski definition) is 5. The van der Waals surface area contributed by atoms with Gasteiger partial charge in [0.15, 0.2) is 0 Å². The Hall–Kier alpha value is -3.65. The van der Waals surface area contributed by atoms with Gasteiger partial charge in [0, 0.05) is 11.1 Å². The molecule has 0 unspecified atom stereocenters. The normalized spacial score (nSPS) is 10.2. The monoisotopic (exact) mass is 343 g/mol. The van der Waals surface area contributed by atoms with Crippen molar-refractivity contribution in [3.8, 4) is 28.5 Å². The molecule has 0 bridgehead atoms. The van der Waals surface area contributed by atoms with E-state index in [4.69, 9.17) is 10.5 Å². The van der Waals surface area contributed by atoms with Crippen LogP contribution in [0.25, 0.3) is 22.4 Å². The van der Waals surface area contributed by atoms with Crippen LogP contribution in [0.4, 0.5) is 5.82 Å². The van der Waals surface area contributed by atoms with Crippen LogP contribution in [-0.4, -0.2) is 18.1 Å². The fourth-order valence-electron chi connectivity index (χ4n) is 2.77. The largest absolute Gasteiger partial charge is 0.465 e. The third kappa shape index (κ3) is 3.26. The number of pyridine rings is 1. The van der Waals surface area contributed by atoms with Crippen LogP contribution in [0.15, 0.2) is 54.6 Å². The van der Waals surface area contributed by atoms with E-state index in [0.29, 0.717) is 22.4 Å². The summed E-state index contributed by atoms with van der Waals surface area (Å²) >= 11 is 0. The minimum Gasteiger partial charge on any atom is -0.465 e. The van der Waals surface area contributed by atoms with Crippen LogP contribution in [0.3, 0.4) is 0 Å². The quantitative estimate of drug-likeness (QED) is 0.727. The van der Waals surface area contributed by atoms with Gasteiger partial charge in [0.2, 0.25) is 0 Å². The molecule has 0 saturated heterocycles. The molecule has 3 aromatic rings. The van der Waals surface area contributed by atoms with Gasteiger partial charge in [-0.15, -0.1) is 0 Å². The third-order valence-corrected chi connectivity index (χ3v) is 4.09. The first kappa shape index (κ1) is 17.2. The van der Waals surface area contributed by atoms with Gasteiger partial charge in [-0.25, -0.2) is 9.78 Å². The smallest absolute Gasteiger partial charge is 0.337 e. The van der Waals surface area contributed by atoms with Crippen molar-refractivity contribution in [2.75, 3.05) is 12.8 Å². The molecule has 2 N–H and O–H groups in total. The Morgan fingerprint density at radius 1 is 1.12 bits per heavy atom. The van der Waals surface area contributed by atoms with E-state index >= 15 is 0 Å². The molecule has 1 heterocycles. The topological polar surface area (TPSA) is 89.0 Å². The predicted octanol–water partition coefficient (Wildman–Crippen LogP) is 3.96. The Kier molecular flexibility index (Phi) is 4.68. The lowest BCUT2D eigenvalue weighted by Gasteiger charge is -2.11. The van der Waals surface area contributed by atoms with Crippen LogP contribution >= 0.6 is 0 Å². The van der Waals surface area contributed by atoms with Crippen LogP contribution in [0.1, 0.15) is 21.5 Å². The van der Waals surface area contributed by atoms with Gasteiger partial charge in [0.25, 0.3) is 0 Å². The molecule has 5 heteroatoms. The average Bonchev–Trinajstić information content (AvgIpc) is 2.67. The Balaban J connectivity index is 2.14. The number of benzene rings is 2. The summed E-state index contributed by atoms with van der Waals surface area (Å²) in [6, 6.07) is 18.7. The molecular formula is C21H17N3O2. The van der Waals surface area contributed by atoms with E-state index in [1.807, 2.05) is 37.3 Å². The standard InChI is InChI=1S/C21H17N3O2/c1-13-4-3-5-16(10-13)19-11-17(18(12-22)20(23)24-19)14-6-8-15(9-7-14)21(25)26-2/h3-11H,1-2H3,(H2,23,24). The number of esters is 1. The van der Waals surface area contributed by atoms with E-state index in [2.05, 4.69) is 11.1 Å². The maximum Gasteiger partial charge on any atom is 0.337 e. The number of methoxy groups -OCH3 is 1. The molecule has 0 atom stereocenters. The first-order valence-corrected chi connectivity index (χ1v) is 8.00. The van der Waals surface area contributed by atoms with Gasteiger partial charge in [-0.1, -0.05) is 35.9 Å². The molecule has 5 nitrogen and oxygen atoms in total. The molecule has 3 rings (SSSR count). The number of ether oxygens (including phenoxy) is 1. The fraction of sp³-hybridized carbons (Fsp3) is 0.0952. The van der Waals surface area contributed by atoms with Gasteiger partial charge in [-0.2, -0.15) is 5.26 Å². The summed E-state index contributed by atoms with van der Waals surface area (Å²) in [7, 11) is 1.34. The number of aryl methyl sites for hydroxylation is 1. The number of anilines is 1. The predicted molar refractivity (Wildman–Crippen MR) is 100 cm³/mol. The zero-order valence-electron chi connectivity index (χ0n) is 14.5. The van der Waals surface area contributed by atoms with Crippen molar-refractivity contribution in [2.24, 2.45) is 0 Å². The van der Waals surface area contributed by atoms with Gasteiger partial charge in [0.05, 0.1) is 18.4 Å². The maximum atomic E-state index is 11.6. The molecule has 2 aromatic carbocycles. The maximum absolute atomic E-state index is 11.6. The number of nitrogens with zero attached hydrogens (tertiary/aromatic N) is 2. The highest BCUT2D eigenvalue weighted by atomic mass is 16.5. The van der Waals surface area contributed by atoms with Crippen molar-refractivity contribution < 1.29 is 9.53 Å². The Morgan fingerprint density at radius 3 is 2.46 bits per heavy atom. The zero-order valence-corrected chi connectivity index (χ0v) is 14.5. The van der Waals surface area contributed by atoms with Gasteiger partial charge in [0.1, 0.15) is 17.5 Å².